The average Bonchev–Trinajstić information content (AvgIpc) is 2.15. The fourth-order valence-corrected chi connectivity index (χ4v) is 0.678. The van der Waals surface area contributed by atoms with Gasteiger partial charge >= 0.3 is 5.97 Å². The SMILES string of the molecule is CCCC=CC#CC=CCOC(C)=O. The van der Waals surface area contributed by atoms with Crippen LogP contribution in [-0.2, 0) is 9.53 Å². The molecule has 0 N–H and O–H groups in total. The van der Waals surface area contributed by atoms with Gasteiger partial charge in [0.2, 0.25) is 0 Å². The molecule has 0 amide bonds. The molecule has 0 atom stereocenters. The molecule has 0 aromatic rings. The molecule has 0 aromatic carbocycles. The standard InChI is InChI=1S/C12H16O2/c1-3-4-5-6-7-8-9-10-11-14-12(2)13/h5-6,9-10H,3-4,11H2,1-2H3. The zero-order valence-electron chi connectivity index (χ0n) is 8.75. The molecule has 0 radical (unpaired) electrons. The Balaban J connectivity index is 3.54. The number of esters is 1. The lowest BCUT2D eigenvalue weighted by molar-refractivity contribution is -0.139. The lowest BCUT2D eigenvalue weighted by Gasteiger charge is -1.91. The van der Waals surface area contributed by atoms with Crippen molar-refractivity contribution >= 4 is 5.97 Å². The van der Waals surface area contributed by atoms with Crippen molar-refractivity contribution in [2.75, 3.05) is 6.61 Å². The van der Waals surface area contributed by atoms with Crippen LogP contribution in [0.3, 0.4) is 0 Å². The summed E-state index contributed by atoms with van der Waals surface area (Å²) in [6, 6.07) is 0. The van der Waals surface area contributed by atoms with Gasteiger partial charge in [0.1, 0.15) is 6.61 Å². The molecule has 0 aliphatic heterocycles. The number of ether oxygens (including phenoxy) is 1. The van der Waals surface area contributed by atoms with Gasteiger partial charge in [0.15, 0.2) is 0 Å². The van der Waals surface area contributed by atoms with E-state index in [-0.39, 0.29) is 5.97 Å². The van der Waals surface area contributed by atoms with Crippen molar-refractivity contribution < 1.29 is 9.53 Å². The Bertz CT molecular complexity index is 264. The lowest BCUT2D eigenvalue weighted by atomic mass is 10.3. The molecule has 0 heterocycles. The van der Waals surface area contributed by atoms with Crippen molar-refractivity contribution in [1.29, 1.82) is 0 Å². The summed E-state index contributed by atoms with van der Waals surface area (Å²) in [4.78, 5) is 10.3. The molecule has 0 unspecified atom stereocenters. The molecule has 0 aliphatic carbocycles. The average molecular weight is 192 g/mol. The Labute approximate surface area is 85.6 Å². The summed E-state index contributed by atoms with van der Waals surface area (Å²) in [7, 11) is 0. The molecular weight excluding hydrogens is 176 g/mol. The molecule has 0 rings (SSSR count). The van der Waals surface area contributed by atoms with E-state index >= 15 is 0 Å². The second-order valence-electron chi connectivity index (χ2n) is 2.68. The predicted octanol–water partition coefficient (Wildman–Crippen LogP) is 2.47. The van der Waals surface area contributed by atoms with Gasteiger partial charge in [-0.2, -0.15) is 0 Å². The number of carbonyl (C=O) groups is 1. The molecule has 0 fully saturated rings. The Morgan fingerprint density at radius 3 is 2.50 bits per heavy atom. The third-order valence-electron chi connectivity index (χ3n) is 1.32. The number of carbonyl (C=O) groups excluding carboxylic acids is 1. The van der Waals surface area contributed by atoms with Gasteiger partial charge in [0.25, 0.3) is 0 Å². The largest absolute Gasteiger partial charge is 0.462 e. The molecule has 0 saturated carbocycles. The third kappa shape index (κ3) is 10.5. The molecular formula is C12H16O2. The van der Waals surface area contributed by atoms with E-state index in [1.807, 2.05) is 12.2 Å². The topological polar surface area (TPSA) is 26.3 Å². The van der Waals surface area contributed by atoms with Crippen LogP contribution >= 0.6 is 0 Å². The Morgan fingerprint density at radius 1 is 1.29 bits per heavy atom. The van der Waals surface area contributed by atoms with Crippen molar-refractivity contribution in [3.8, 4) is 11.8 Å². The molecule has 0 spiro atoms. The van der Waals surface area contributed by atoms with Crippen LogP contribution in [0.15, 0.2) is 24.3 Å². The summed E-state index contributed by atoms with van der Waals surface area (Å²) in [6.45, 7) is 3.80. The van der Waals surface area contributed by atoms with Crippen molar-refractivity contribution in [2.45, 2.75) is 26.7 Å². The van der Waals surface area contributed by atoms with E-state index in [9.17, 15) is 4.79 Å². The summed E-state index contributed by atoms with van der Waals surface area (Å²) in [5.74, 6) is 5.39. The highest BCUT2D eigenvalue weighted by Crippen LogP contribution is 1.86. The minimum absolute atomic E-state index is 0.273. The molecule has 14 heavy (non-hydrogen) atoms. The number of unbranched alkanes of at least 4 members (excludes halogenated alkanes) is 1. The highest BCUT2D eigenvalue weighted by molar-refractivity contribution is 5.66. The summed E-state index contributed by atoms with van der Waals surface area (Å²) >= 11 is 0. The number of rotatable bonds is 4. The fraction of sp³-hybridized carbons (Fsp3) is 0.417. The predicted molar refractivity (Wildman–Crippen MR) is 57.6 cm³/mol. The van der Waals surface area contributed by atoms with E-state index in [0.29, 0.717) is 6.61 Å². The van der Waals surface area contributed by atoms with Crippen LogP contribution in [-0.4, -0.2) is 12.6 Å². The fourth-order valence-electron chi connectivity index (χ4n) is 0.678. The number of hydrogen-bond donors (Lipinski definition) is 0. The lowest BCUT2D eigenvalue weighted by Crippen LogP contribution is -1.96. The van der Waals surface area contributed by atoms with E-state index < -0.39 is 0 Å². The van der Waals surface area contributed by atoms with Crippen LogP contribution in [0, 0.1) is 11.8 Å². The van der Waals surface area contributed by atoms with Gasteiger partial charge in [-0.15, -0.1) is 0 Å². The Kier molecular flexibility index (Phi) is 8.58. The van der Waals surface area contributed by atoms with Crippen molar-refractivity contribution in [1.82, 2.24) is 0 Å². The van der Waals surface area contributed by atoms with E-state index in [1.54, 1.807) is 12.2 Å². The zero-order valence-corrected chi connectivity index (χ0v) is 8.75. The van der Waals surface area contributed by atoms with Crippen LogP contribution in [0.2, 0.25) is 0 Å². The van der Waals surface area contributed by atoms with Gasteiger partial charge in [-0.1, -0.05) is 31.3 Å². The normalized spacial score (nSPS) is 10.1. The molecule has 2 nitrogen and oxygen atoms in total. The van der Waals surface area contributed by atoms with Crippen molar-refractivity contribution in [2.24, 2.45) is 0 Å². The van der Waals surface area contributed by atoms with Gasteiger partial charge in [0, 0.05) is 6.92 Å². The van der Waals surface area contributed by atoms with Crippen molar-refractivity contribution in [3.63, 3.8) is 0 Å². The first-order valence-electron chi connectivity index (χ1n) is 4.71. The van der Waals surface area contributed by atoms with Crippen LogP contribution in [0.4, 0.5) is 0 Å². The number of hydrogen-bond acceptors (Lipinski definition) is 2. The van der Waals surface area contributed by atoms with Gasteiger partial charge < -0.3 is 4.74 Å². The second-order valence-corrected chi connectivity index (χ2v) is 2.68. The molecule has 2 heteroatoms. The summed E-state index contributed by atoms with van der Waals surface area (Å²) in [5.41, 5.74) is 0. The molecule has 0 saturated heterocycles. The molecule has 0 bridgehead atoms. The van der Waals surface area contributed by atoms with Gasteiger partial charge in [-0.05, 0) is 24.6 Å². The molecule has 76 valence electrons. The third-order valence-corrected chi connectivity index (χ3v) is 1.32. The van der Waals surface area contributed by atoms with E-state index in [2.05, 4.69) is 23.5 Å². The summed E-state index contributed by atoms with van der Waals surface area (Å²) in [6.07, 6.45) is 9.46. The van der Waals surface area contributed by atoms with Gasteiger partial charge in [-0.3, -0.25) is 4.79 Å². The first-order chi connectivity index (χ1) is 6.77. The van der Waals surface area contributed by atoms with E-state index in [4.69, 9.17) is 0 Å². The maximum Gasteiger partial charge on any atom is 0.302 e. The molecule has 0 aliphatic rings. The Hall–Kier alpha value is -1.49. The quantitative estimate of drug-likeness (QED) is 0.505. The minimum atomic E-state index is -0.273. The highest BCUT2D eigenvalue weighted by atomic mass is 16.5. The highest BCUT2D eigenvalue weighted by Gasteiger charge is 1.84. The van der Waals surface area contributed by atoms with Crippen LogP contribution in [0.5, 0.6) is 0 Å². The van der Waals surface area contributed by atoms with Crippen molar-refractivity contribution in [3.05, 3.63) is 24.3 Å². The smallest absolute Gasteiger partial charge is 0.302 e. The van der Waals surface area contributed by atoms with Crippen LogP contribution in [0.1, 0.15) is 26.7 Å². The first kappa shape index (κ1) is 12.5. The summed E-state index contributed by atoms with van der Waals surface area (Å²) in [5, 5.41) is 0. The monoisotopic (exact) mass is 192 g/mol. The zero-order chi connectivity index (χ0) is 10.6. The van der Waals surface area contributed by atoms with Crippen LogP contribution < -0.4 is 0 Å². The minimum Gasteiger partial charge on any atom is -0.462 e. The van der Waals surface area contributed by atoms with Gasteiger partial charge in [0.05, 0.1) is 0 Å². The number of allylic oxidation sites excluding steroid dienone is 3. The second kappa shape index (κ2) is 9.60. The summed E-state index contributed by atoms with van der Waals surface area (Å²) < 4.78 is 4.68. The first-order valence-corrected chi connectivity index (χ1v) is 4.71. The van der Waals surface area contributed by atoms with E-state index in [1.165, 1.54) is 6.92 Å². The van der Waals surface area contributed by atoms with Crippen LogP contribution in [0.25, 0.3) is 0 Å². The maximum atomic E-state index is 10.3. The maximum absolute atomic E-state index is 10.3. The molecule has 0 aromatic heterocycles. The van der Waals surface area contributed by atoms with E-state index in [0.717, 1.165) is 12.8 Å². The van der Waals surface area contributed by atoms with Gasteiger partial charge in [-0.25, -0.2) is 0 Å². The Morgan fingerprint density at radius 2 is 1.93 bits per heavy atom.